The summed E-state index contributed by atoms with van der Waals surface area (Å²) >= 11 is 1.08. The molecule has 0 saturated heterocycles. The molecule has 0 bridgehead atoms. The van der Waals surface area contributed by atoms with Crippen molar-refractivity contribution in [1.82, 2.24) is 24.6 Å². The number of hydrogen-bond acceptors (Lipinski definition) is 7. The van der Waals surface area contributed by atoms with Crippen LogP contribution in [-0.2, 0) is 22.5 Å². The van der Waals surface area contributed by atoms with Gasteiger partial charge in [-0.15, -0.1) is 11.3 Å². The number of methoxy groups -OCH3 is 1. The summed E-state index contributed by atoms with van der Waals surface area (Å²) < 4.78 is 87.9. The Labute approximate surface area is 301 Å². The maximum atomic E-state index is 16.3. The van der Waals surface area contributed by atoms with Crippen LogP contribution in [0.15, 0.2) is 54.4 Å². The number of aromatic nitrogens is 3. The van der Waals surface area contributed by atoms with Gasteiger partial charge in [0.25, 0.3) is 6.43 Å². The van der Waals surface area contributed by atoms with Crippen molar-refractivity contribution in [1.29, 1.82) is 0 Å². The Morgan fingerprint density at radius 2 is 1.85 bits per heavy atom. The predicted octanol–water partition coefficient (Wildman–Crippen LogP) is 8.21. The fourth-order valence-electron chi connectivity index (χ4n) is 7.28. The minimum absolute atomic E-state index is 0.0228. The highest BCUT2D eigenvalue weighted by atomic mass is 32.1. The van der Waals surface area contributed by atoms with Gasteiger partial charge in [-0.05, 0) is 56.7 Å². The fraction of sp³-hybridized carbons (Fsp3) is 0.342. The molecule has 14 heteroatoms. The summed E-state index contributed by atoms with van der Waals surface area (Å²) in [7, 11) is 3.11. The molecule has 0 aliphatic carbocycles. The van der Waals surface area contributed by atoms with Gasteiger partial charge in [-0.3, -0.25) is 14.4 Å². The molecule has 7 rings (SSSR count). The Balaban J connectivity index is 1.50. The second-order valence-electron chi connectivity index (χ2n) is 13.2. The molecule has 272 valence electrons. The van der Waals surface area contributed by atoms with Gasteiger partial charge in [-0.2, -0.15) is 5.10 Å². The summed E-state index contributed by atoms with van der Waals surface area (Å²) in [6.45, 7) is 8.10. The maximum absolute atomic E-state index is 16.3. The molecule has 0 unspecified atom stereocenters. The molecule has 2 aromatic carbocycles. The summed E-state index contributed by atoms with van der Waals surface area (Å²) in [4.78, 5) is 21.2. The van der Waals surface area contributed by atoms with Crippen molar-refractivity contribution in [2.24, 2.45) is 0 Å². The van der Waals surface area contributed by atoms with Crippen molar-refractivity contribution in [3.63, 3.8) is 0 Å². The van der Waals surface area contributed by atoms with E-state index in [-0.39, 0.29) is 71.8 Å². The van der Waals surface area contributed by atoms with Crippen LogP contribution in [0.4, 0.5) is 22.0 Å². The van der Waals surface area contributed by atoms with Crippen LogP contribution in [0.25, 0.3) is 43.9 Å². The summed E-state index contributed by atoms with van der Waals surface area (Å²) in [5, 5.41) is 6.25. The van der Waals surface area contributed by atoms with E-state index in [2.05, 4.69) is 6.58 Å². The number of rotatable bonds is 9. The average molecular weight is 738 g/mol. The van der Waals surface area contributed by atoms with Crippen LogP contribution in [0, 0.1) is 17.5 Å². The van der Waals surface area contributed by atoms with Crippen molar-refractivity contribution in [3.05, 3.63) is 88.7 Å². The lowest BCUT2D eigenvalue weighted by Crippen LogP contribution is -2.42. The van der Waals surface area contributed by atoms with Crippen LogP contribution < -0.4 is 4.74 Å². The zero-order chi connectivity index (χ0) is 37.0. The van der Waals surface area contributed by atoms with E-state index >= 15 is 8.78 Å². The molecule has 52 heavy (non-hydrogen) atoms. The van der Waals surface area contributed by atoms with Gasteiger partial charge in [-0.25, -0.2) is 26.9 Å². The first kappa shape index (κ1) is 35.7. The minimum atomic E-state index is -2.51. The number of likely N-dealkylation sites (N-methyl/N-ethyl adjacent to an activating group) is 1. The van der Waals surface area contributed by atoms with Crippen molar-refractivity contribution >= 4 is 27.3 Å². The highest BCUT2D eigenvalue weighted by molar-refractivity contribution is 7.17. The molecule has 0 saturated carbocycles. The summed E-state index contributed by atoms with van der Waals surface area (Å²) in [6.07, 6.45) is -1.09. The molecule has 2 aliphatic rings. The Bertz CT molecular complexity index is 2200. The number of carbonyl (C=O) groups is 1. The number of pyridine rings is 1. The molecule has 1 amide bonds. The first-order valence-electron chi connectivity index (χ1n) is 16.8. The second kappa shape index (κ2) is 14.1. The van der Waals surface area contributed by atoms with E-state index in [0.717, 1.165) is 28.5 Å². The van der Waals surface area contributed by atoms with Gasteiger partial charge >= 0.3 is 0 Å². The summed E-state index contributed by atoms with van der Waals surface area (Å²) in [6, 6.07) is 7.33. The van der Waals surface area contributed by atoms with E-state index in [1.807, 2.05) is 19.9 Å². The van der Waals surface area contributed by atoms with Crippen molar-refractivity contribution in [2.45, 2.75) is 51.4 Å². The molecule has 0 N–H and O–H groups in total. The lowest BCUT2D eigenvalue weighted by atomic mass is 9.91. The molecule has 0 radical (unpaired) electrons. The van der Waals surface area contributed by atoms with Gasteiger partial charge in [0.1, 0.15) is 41.2 Å². The van der Waals surface area contributed by atoms with Crippen LogP contribution in [0.2, 0.25) is 0 Å². The lowest BCUT2D eigenvalue weighted by Gasteiger charge is -2.36. The van der Waals surface area contributed by atoms with Gasteiger partial charge in [-0.1, -0.05) is 18.7 Å². The monoisotopic (exact) mass is 737 g/mol. The van der Waals surface area contributed by atoms with E-state index in [9.17, 15) is 18.0 Å². The third-order valence-corrected chi connectivity index (χ3v) is 10.9. The lowest BCUT2D eigenvalue weighted by molar-refractivity contribution is -0.129. The van der Waals surface area contributed by atoms with Crippen molar-refractivity contribution < 1.29 is 36.2 Å². The van der Waals surface area contributed by atoms with E-state index in [0.29, 0.717) is 34.3 Å². The van der Waals surface area contributed by atoms with E-state index in [4.69, 9.17) is 19.6 Å². The largest absolute Gasteiger partial charge is 0.490 e. The number of carbonyl (C=O) groups excluding carboxylic acids is 1. The molecule has 0 fully saturated rings. The number of amides is 1. The third-order valence-electron chi connectivity index (χ3n) is 9.91. The fourth-order valence-corrected chi connectivity index (χ4v) is 8.21. The minimum Gasteiger partial charge on any atom is -0.490 e. The van der Waals surface area contributed by atoms with Crippen LogP contribution in [0.3, 0.4) is 0 Å². The Morgan fingerprint density at radius 3 is 2.58 bits per heavy atom. The topological polar surface area (TPSA) is 72.7 Å². The smallest absolute Gasteiger partial charge is 0.254 e. The highest BCUT2D eigenvalue weighted by Gasteiger charge is 2.35. The summed E-state index contributed by atoms with van der Waals surface area (Å²) in [5.74, 6) is -2.95. The first-order valence-corrected chi connectivity index (χ1v) is 17.6. The van der Waals surface area contributed by atoms with Gasteiger partial charge in [0.2, 0.25) is 5.91 Å². The molecule has 3 atom stereocenters. The normalized spacial score (nSPS) is 18.9. The molecule has 2 aliphatic heterocycles. The zero-order valence-electron chi connectivity index (χ0n) is 28.9. The molecular formula is C38H36F5N5O3S. The first-order chi connectivity index (χ1) is 24.9. The quantitative estimate of drug-likeness (QED) is 0.0863. The second-order valence-corrected chi connectivity index (χ2v) is 14.1. The van der Waals surface area contributed by atoms with Gasteiger partial charge in [0.05, 0.1) is 46.4 Å². The standard InChI is InChI=1S/C38H36F5N5O3S/c1-6-31(49)47-16-19(2)48-28(20(47)3)15-27(45-48)36-34(32-25(40)13-24(39)14-30(32)51-10-9-50-5)33-26(41)18-52-37(33)35(44-36)22-8-7-21-12-29(38(42)43)46(4)17-23(21)11-22/h6-8,11,13-15,18-20,29,38H,1,9-10,12,16-17H2,2-5H3/t19-,20+,29-/m0/s1. The van der Waals surface area contributed by atoms with Crippen molar-refractivity contribution in [2.75, 3.05) is 33.9 Å². The number of fused-ring (bicyclic) bond motifs is 3. The van der Waals surface area contributed by atoms with Crippen molar-refractivity contribution in [3.8, 4) is 39.5 Å². The highest BCUT2D eigenvalue weighted by Crippen LogP contribution is 2.48. The van der Waals surface area contributed by atoms with E-state index in [1.165, 1.54) is 18.6 Å². The van der Waals surface area contributed by atoms with E-state index < -0.39 is 36.0 Å². The molecule has 5 aromatic rings. The zero-order valence-corrected chi connectivity index (χ0v) is 29.7. The molecule has 0 spiro atoms. The van der Waals surface area contributed by atoms with Gasteiger partial charge in [0.15, 0.2) is 0 Å². The SMILES string of the molecule is C=CC(=O)N1C[C@H](C)n2nc(-c3nc(-c4ccc5c(c4)CN(C)[C@H](C(F)F)C5)c4scc(F)c4c3-c3c(F)cc(F)cc3OCCOC)cc2[C@H]1C. The Morgan fingerprint density at radius 1 is 1.06 bits per heavy atom. The van der Waals surface area contributed by atoms with Gasteiger partial charge in [0, 0.05) is 54.2 Å². The number of alkyl halides is 2. The van der Waals surface area contributed by atoms with Crippen LogP contribution in [-0.4, -0.2) is 76.9 Å². The number of hydrogen-bond donors (Lipinski definition) is 0. The molecule has 3 aromatic heterocycles. The molecular weight excluding hydrogens is 702 g/mol. The summed E-state index contributed by atoms with van der Waals surface area (Å²) in [5.41, 5.74) is 3.48. The van der Waals surface area contributed by atoms with Crippen LogP contribution in [0.5, 0.6) is 5.75 Å². The third kappa shape index (κ3) is 6.16. The number of nitrogens with zero attached hydrogens (tertiary/aromatic N) is 5. The number of benzene rings is 2. The van der Waals surface area contributed by atoms with Crippen LogP contribution in [0.1, 0.15) is 42.8 Å². The van der Waals surface area contributed by atoms with Gasteiger partial charge < -0.3 is 14.4 Å². The molecule has 5 heterocycles. The molecule has 8 nitrogen and oxygen atoms in total. The van der Waals surface area contributed by atoms with Crippen LogP contribution >= 0.6 is 11.3 Å². The maximum Gasteiger partial charge on any atom is 0.254 e. The number of ether oxygens (including phenoxy) is 2. The number of halogens is 5. The Kier molecular flexibility index (Phi) is 9.65. The number of thiophene rings is 1. The average Bonchev–Trinajstić information content (AvgIpc) is 3.73. The Hall–Kier alpha value is -4.66. The predicted molar refractivity (Wildman–Crippen MR) is 189 cm³/mol. The van der Waals surface area contributed by atoms with E-state index in [1.54, 1.807) is 39.7 Å².